The predicted molar refractivity (Wildman–Crippen MR) is 219 cm³/mol. The number of hydrogen-bond acceptors (Lipinski definition) is 1. The number of aromatic nitrogens is 2. The molecule has 0 amide bonds. The molecule has 0 atom stereocenters. The van der Waals surface area contributed by atoms with Gasteiger partial charge in [0, 0.05) is 47.4 Å². The highest BCUT2D eigenvalue weighted by Gasteiger charge is 2.19. The van der Waals surface area contributed by atoms with Crippen molar-refractivity contribution in [1.82, 2.24) is 9.13 Å². The van der Waals surface area contributed by atoms with Crippen molar-refractivity contribution in [2.24, 2.45) is 0 Å². The topological polar surface area (TPSA) is 9.86 Å². The van der Waals surface area contributed by atoms with Gasteiger partial charge in [-0.2, -0.15) is 0 Å². The van der Waals surface area contributed by atoms with Crippen LogP contribution >= 0.6 is 11.3 Å². The summed E-state index contributed by atoms with van der Waals surface area (Å²) in [5.41, 5.74) is 12.3. The first-order valence-corrected chi connectivity index (χ1v) is 18.3. The summed E-state index contributed by atoms with van der Waals surface area (Å²) in [7, 11) is 0. The molecule has 0 aliphatic rings. The minimum absolute atomic E-state index is 1.18. The van der Waals surface area contributed by atoms with E-state index >= 15 is 0 Å². The first-order valence-electron chi connectivity index (χ1n) is 17.4. The molecule has 0 aliphatic heterocycles. The van der Waals surface area contributed by atoms with E-state index in [4.69, 9.17) is 0 Å². The van der Waals surface area contributed by atoms with Crippen LogP contribution in [0.15, 0.2) is 182 Å². The highest BCUT2D eigenvalue weighted by molar-refractivity contribution is 7.26. The highest BCUT2D eigenvalue weighted by atomic mass is 32.1. The summed E-state index contributed by atoms with van der Waals surface area (Å²) in [5, 5.41) is 7.66. The third-order valence-electron chi connectivity index (χ3n) is 10.5. The van der Waals surface area contributed by atoms with Gasteiger partial charge in [0.1, 0.15) is 0 Å². The van der Waals surface area contributed by atoms with E-state index in [1.165, 1.54) is 97.4 Å². The standard InChI is InChI=1S/C48H30N2S/c1-3-13-31(14-4-1)35-19-11-20-38-47-45(23-12-24-46(47)51-48(35)38)50-42-22-10-8-18-37(42)40-30-33(26-28-44(40)50)32-25-27-43-39(29-32)36-17-7-9-21-41(36)49(43)34-15-5-2-6-16-34/h1-30H. The Bertz CT molecular complexity index is 3130. The van der Waals surface area contributed by atoms with Crippen molar-refractivity contribution in [2.45, 2.75) is 0 Å². The summed E-state index contributed by atoms with van der Waals surface area (Å²) in [4.78, 5) is 0. The van der Waals surface area contributed by atoms with Gasteiger partial charge in [0.05, 0.1) is 27.8 Å². The number of thiophene rings is 1. The SMILES string of the molecule is c1ccc(-c2cccc3c2sc2cccc(-n4c5ccccc5c5cc(-c6ccc7c(c6)c6ccccc6n7-c6ccccc6)ccc54)c23)cc1. The first kappa shape index (κ1) is 28.4. The summed E-state index contributed by atoms with van der Waals surface area (Å²) >= 11 is 1.89. The van der Waals surface area contributed by atoms with E-state index in [0.29, 0.717) is 0 Å². The van der Waals surface area contributed by atoms with Crippen molar-refractivity contribution < 1.29 is 0 Å². The maximum absolute atomic E-state index is 2.48. The van der Waals surface area contributed by atoms with Crippen LogP contribution in [-0.2, 0) is 0 Å². The maximum atomic E-state index is 2.48. The molecule has 11 aromatic rings. The van der Waals surface area contributed by atoms with Crippen molar-refractivity contribution >= 4 is 75.1 Å². The van der Waals surface area contributed by atoms with Crippen LogP contribution in [-0.4, -0.2) is 9.13 Å². The van der Waals surface area contributed by atoms with Gasteiger partial charge in [-0.1, -0.05) is 121 Å². The first-order chi connectivity index (χ1) is 25.3. The molecule has 238 valence electrons. The van der Waals surface area contributed by atoms with E-state index in [9.17, 15) is 0 Å². The van der Waals surface area contributed by atoms with Crippen LogP contribution in [0.2, 0.25) is 0 Å². The van der Waals surface area contributed by atoms with Crippen molar-refractivity contribution in [1.29, 1.82) is 0 Å². The molecule has 0 bridgehead atoms. The van der Waals surface area contributed by atoms with Gasteiger partial charge < -0.3 is 9.13 Å². The second-order valence-electron chi connectivity index (χ2n) is 13.3. The Hall–Kier alpha value is -6.42. The van der Waals surface area contributed by atoms with Crippen LogP contribution in [0.25, 0.3) is 97.4 Å². The second kappa shape index (κ2) is 11.0. The Morgan fingerprint density at radius 2 is 0.902 bits per heavy atom. The van der Waals surface area contributed by atoms with Crippen LogP contribution in [0, 0.1) is 0 Å². The minimum atomic E-state index is 1.18. The molecular weight excluding hydrogens is 637 g/mol. The third-order valence-corrected chi connectivity index (χ3v) is 11.7. The molecule has 0 aliphatic carbocycles. The van der Waals surface area contributed by atoms with E-state index in [0.717, 1.165) is 0 Å². The quantitative estimate of drug-likeness (QED) is 0.177. The summed E-state index contributed by atoms with van der Waals surface area (Å²) in [6.07, 6.45) is 0. The van der Waals surface area contributed by atoms with Gasteiger partial charge in [-0.3, -0.25) is 0 Å². The van der Waals surface area contributed by atoms with Crippen LogP contribution in [0.3, 0.4) is 0 Å². The van der Waals surface area contributed by atoms with Crippen LogP contribution in [0.1, 0.15) is 0 Å². The molecule has 0 saturated heterocycles. The van der Waals surface area contributed by atoms with Gasteiger partial charge in [-0.15, -0.1) is 11.3 Å². The highest BCUT2D eigenvalue weighted by Crippen LogP contribution is 2.45. The smallest absolute Gasteiger partial charge is 0.0555 e. The van der Waals surface area contributed by atoms with Gasteiger partial charge in [-0.05, 0) is 82.9 Å². The number of rotatable bonds is 4. The van der Waals surface area contributed by atoms with Crippen LogP contribution in [0.5, 0.6) is 0 Å². The molecule has 3 heteroatoms. The summed E-state index contributed by atoms with van der Waals surface area (Å²) in [5.74, 6) is 0. The van der Waals surface area contributed by atoms with Gasteiger partial charge >= 0.3 is 0 Å². The molecule has 0 N–H and O–H groups in total. The second-order valence-corrected chi connectivity index (χ2v) is 14.4. The molecule has 0 radical (unpaired) electrons. The van der Waals surface area contributed by atoms with Crippen molar-refractivity contribution in [3.8, 4) is 33.6 Å². The van der Waals surface area contributed by atoms with Gasteiger partial charge in [0.25, 0.3) is 0 Å². The van der Waals surface area contributed by atoms with Crippen molar-refractivity contribution in [3.05, 3.63) is 182 Å². The largest absolute Gasteiger partial charge is 0.309 e. The predicted octanol–water partition coefficient (Wildman–Crippen LogP) is 13.6. The Kier molecular flexibility index (Phi) is 6.16. The van der Waals surface area contributed by atoms with Crippen molar-refractivity contribution in [3.63, 3.8) is 0 Å². The van der Waals surface area contributed by atoms with Gasteiger partial charge in [-0.25, -0.2) is 0 Å². The lowest BCUT2D eigenvalue weighted by molar-refractivity contribution is 1.18. The molecule has 3 heterocycles. The van der Waals surface area contributed by atoms with E-state index in [1.807, 2.05) is 11.3 Å². The summed E-state index contributed by atoms with van der Waals surface area (Å²) < 4.78 is 7.49. The molecule has 2 nitrogen and oxygen atoms in total. The monoisotopic (exact) mass is 666 g/mol. The normalized spacial score (nSPS) is 11.9. The van der Waals surface area contributed by atoms with Crippen molar-refractivity contribution in [2.75, 3.05) is 0 Å². The molecule has 0 spiro atoms. The van der Waals surface area contributed by atoms with E-state index < -0.39 is 0 Å². The Morgan fingerprint density at radius 3 is 1.61 bits per heavy atom. The molecule has 0 saturated carbocycles. The zero-order chi connectivity index (χ0) is 33.5. The Balaban J connectivity index is 1.12. The maximum Gasteiger partial charge on any atom is 0.0555 e. The number of para-hydroxylation sites is 3. The average Bonchev–Trinajstić information content (AvgIpc) is 3.86. The zero-order valence-electron chi connectivity index (χ0n) is 27.6. The number of hydrogen-bond donors (Lipinski definition) is 0. The molecule has 11 rings (SSSR count). The minimum Gasteiger partial charge on any atom is -0.309 e. The summed E-state index contributed by atoms with van der Waals surface area (Å²) in [6, 6.07) is 66.5. The summed E-state index contributed by atoms with van der Waals surface area (Å²) in [6.45, 7) is 0. The fourth-order valence-electron chi connectivity index (χ4n) is 8.28. The number of fused-ring (bicyclic) bond motifs is 9. The lowest BCUT2D eigenvalue weighted by atomic mass is 10.0. The fourth-order valence-corrected chi connectivity index (χ4v) is 9.54. The lowest BCUT2D eigenvalue weighted by Crippen LogP contribution is -1.94. The number of benzene rings is 8. The van der Waals surface area contributed by atoms with E-state index in [1.54, 1.807) is 0 Å². The molecule has 8 aromatic carbocycles. The van der Waals surface area contributed by atoms with E-state index in [-0.39, 0.29) is 0 Å². The number of nitrogens with zero attached hydrogens (tertiary/aromatic N) is 2. The Morgan fingerprint density at radius 1 is 0.353 bits per heavy atom. The van der Waals surface area contributed by atoms with Crippen LogP contribution in [0.4, 0.5) is 0 Å². The molecule has 0 unspecified atom stereocenters. The van der Waals surface area contributed by atoms with Gasteiger partial charge in [0.15, 0.2) is 0 Å². The Labute approximate surface area is 298 Å². The fraction of sp³-hybridized carbons (Fsp3) is 0. The molecular formula is C48H30N2S. The zero-order valence-corrected chi connectivity index (χ0v) is 28.4. The van der Waals surface area contributed by atoms with E-state index in [2.05, 4.69) is 191 Å². The van der Waals surface area contributed by atoms with Crippen LogP contribution < -0.4 is 0 Å². The molecule has 0 fully saturated rings. The average molecular weight is 667 g/mol. The third kappa shape index (κ3) is 4.22. The molecule has 51 heavy (non-hydrogen) atoms. The van der Waals surface area contributed by atoms with Gasteiger partial charge in [0.2, 0.25) is 0 Å². The lowest BCUT2D eigenvalue weighted by Gasteiger charge is -2.11. The molecule has 3 aromatic heterocycles.